The molecule has 2 aliphatic heterocycles. The smallest absolute Gasteiger partial charge is 0.289 e. The van der Waals surface area contributed by atoms with Crippen LogP contribution in [0.4, 0.5) is 0 Å². The molecule has 4 nitrogen and oxygen atoms in total. The van der Waals surface area contributed by atoms with Crippen LogP contribution in [0.3, 0.4) is 0 Å². The summed E-state index contributed by atoms with van der Waals surface area (Å²) in [5.74, 6) is 0.510. The second-order valence-corrected chi connectivity index (χ2v) is 5.68. The zero-order valence-electron chi connectivity index (χ0n) is 11.6. The fourth-order valence-corrected chi connectivity index (χ4v) is 3.74. The van der Waals surface area contributed by atoms with Gasteiger partial charge < -0.3 is 9.32 Å². The highest BCUT2D eigenvalue weighted by molar-refractivity contribution is 5.91. The molecular formula is C15H22N2O2. The Balaban J connectivity index is 1.65. The molecule has 1 aromatic heterocycles. The summed E-state index contributed by atoms with van der Waals surface area (Å²) in [6.07, 6.45) is 6.37. The quantitative estimate of drug-likeness (QED) is 0.821. The first-order valence-electron chi connectivity index (χ1n) is 7.33. The van der Waals surface area contributed by atoms with Crippen molar-refractivity contribution < 1.29 is 9.21 Å². The minimum Gasteiger partial charge on any atom is -0.459 e. The third-order valence-electron chi connectivity index (χ3n) is 4.84. The minimum absolute atomic E-state index is 0.0425. The van der Waals surface area contributed by atoms with Gasteiger partial charge in [-0.3, -0.25) is 9.69 Å². The molecule has 0 atom stereocenters. The third kappa shape index (κ3) is 2.18. The Morgan fingerprint density at radius 3 is 2.74 bits per heavy atom. The maximum absolute atomic E-state index is 12.2. The molecule has 0 saturated carbocycles. The number of furan rings is 1. The van der Waals surface area contributed by atoms with E-state index in [2.05, 4.69) is 11.8 Å². The van der Waals surface area contributed by atoms with Crippen LogP contribution in [0, 0.1) is 0 Å². The Labute approximate surface area is 114 Å². The molecule has 2 saturated heterocycles. The number of nitrogens with zero attached hydrogens (tertiary/aromatic N) is 2. The van der Waals surface area contributed by atoms with Gasteiger partial charge in [0, 0.05) is 18.6 Å². The SMILES string of the molecule is CCN1CCCC12CCN(C(=O)c1ccco1)CC2. The Morgan fingerprint density at radius 2 is 2.11 bits per heavy atom. The molecule has 19 heavy (non-hydrogen) atoms. The molecule has 0 aliphatic carbocycles. The lowest BCUT2D eigenvalue weighted by molar-refractivity contribution is 0.0410. The van der Waals surface area contributed by atoms with Gasteiger partial charge in [0.05, 0.1) is 6.26 Å². The molecule has 0 N–H and O–H groups in total. The van der Waals surface area contributed by atoms with E-state index in [9.17, 15) is 4.79 Å². The maximum Gasteiger partial charge on any atom is 0.289 e. The molecule has 0 aromatic carbocycles. The first-order valence-corrected chi connectivity index (χ1v) is 7.33. The zero-order valence-corrected chi connectivity index (χ0v) is 11.6. The molecule has 2 fully saturated rings. The molecule has 1 aromatic rings. The van der Waals surface area contributed by atoms with E-state index in [1.165, 1.54) is 19.4 Å². The van der Waals surface area contributed by atoms with E-state index < -0.39 is 0 Å². The first kappa shape index (κ1) is 12.7. The minimum atomic E-state index is 0.0425. The van der Waals surface area contributed by atoms with Crippen molar-refractivity contribution in [3.8, 4) is 0 Å². The van der Waals surface area contributed by atoms with Crippen LogP contribution < -0.4 is 0 Å². The summed E-state index contributed by atoms with van der Waals surface area (Å²) in [5.41, 5.74) is 0.370. The standard InChI is InChI=1S/C15H22N2O2/c1-2-17-9-4-6-15(17)7-10-16(11-8-15)14(18)13-5-3-12-19-13/h3,5,12H,2,4,6-11H2,1H3. The van der Waals surface area contributed by atoms with Crippen molar-refractivity contribution in [1.29, 1.82) is 0 Å². The van der Waals surface area contributed by atoms with Gasteiger partial charge in [0.2, 0.25) is 0 Å². The van der Waals surface area contributed by atoms with Crippen LogP contribution in [0.1, 0.15) is 43.2 Å². The van der Waals surface area contributed by atoms with Crippen molar-refractivity contribution in [3.05, 3.63) is 24.2 Å². The molecule has 104 valence electrons. The normalized spacial score (nSPS) is 23.1. The van der Waals surface area contributed by atoms with E-state index in [4.69, 9.17) is 4.42 Å². The molecule has 4 heteroatoms. The lowest BCUT2D eigenvalue weighted by Gasteiger charge is -2.44. The highest BCUT2D eigenvalue weighted by Crippen LogP contribution is 2.38. The van der Waals surface area contributed by atoms with Crippen molar-refractivity contribution in [2.45, 2.75) is 38.1 Å². The molecule has 3 rings (SSSR count). The largest absolute Gasteiger partial charge is 0.459 e. The fourth-order valence-electron chi connectivity index (χ4n) is 3.74. The van der Waals surface area contributed by atoms with Crippen LogP contribution in [0.5, 0.6) is 0 Å². The second kappa shape index (κ2) is 5.00. The van der Waals surface area contributed by atoms with E-state index >= 15 is 0 Å². The summed E-state index contributed by atoms with van der Waals surface area (Å²) < 4.78 is 5.21. The topological polar surface area (TPSA) is 36.7 Å². The van der Waals surface area contributed by atoms with E-state index in [-0.39, 0.29) is 5.91 Å². The number of piperidine rings is 1. The van der Waals surface area contributed by atoms with Crippen LogP contribution >= 0.6 is 0 Å². The number of carbonyl (C=O) groups is 1. The molecule has 0 unspecified atom stereocenters. The van der Waals surface area contributed by atoms with E-state index in [0.717, 1.165) is 32.5 Å². The number of rotatable bonds is 2. The van der Waals surface area contributed by atoms with Gasteiger partial charge in [-0.1, -0.05) is 6.92 Å². The van der Waals surface area contributed by atoms with E-state index in [1.807, 2.05) is 4.90 Å². The average molecular weight is 262 g/mol. The average Bonchev–Trinajstić information content (AvgIpc) is 3.08. The molecular weight excluding hydrogens is 240 g/mol. The third-order valence-corrected chi connectivity index (χ3v) is 4.84. The van der Waals surface area contributed by atoms with Crippen molar-refractivity contribution >= 4 is 5.91 Å². The van der Waals surface area contributed by atoms with Crippen molar-refractivity contribution in [2.75, 3.05) is 26.2 Å². The summed E-state index contributed by atoms with van der Waals surface area (Å²) in [5, 5.41) is 0. The monoisotopic (exact) mass is 262 g/mol. The fraction of sp³-hybridized carbons (Fsp3) is 0.667. The van der Waals surface area contributed by atoms with Crippen LogP contribution in [0.25, 0.3) is 0 Å². The number of likely N-dealkylation sites (tertiary alicyclic amines) is 2. The summed E-state index contributed by atoms with van der Waals surface area (Å²) in [7, 11) is 0. The van der Waals surface area contributed by atoms with Crippen LogP contribution in [0.15, 0.2) is 22.8 Å². The van der Waals surface area contributed by atoms with Gasteiger partial charge in [-0.05, 0) is 50.9 Å². The number of hydrogen-bond donors (Lipinski definition) is 0. The van der Waals surface area contributed by atoms with Gasteiger partial charge in [-0.2, -0.15) is 0 Å². The summed E-state index contributed by atoms with van der Waals surface area (Å²) in [4.78, 5) is 16.8. The van der Waals surface area contributed by atoms with E-state index in [0.29, 0.717) is 11.3 Å². The van der Waals surface area contributed by atoms with Gasteiger partial charge in [0.1, 0.15) is 0 Å². The second-order valence-electron chi connectivity index (χ2n) is 5.68. The van der Waals surface area contributed by atoms with Crippen LogP contribution in [0.2, 0.25) is 0 Å². The highest BCUT2D eigenvalue weighted by Gasteiger charge is 2.43. The summed E-state index contributed by atoms with van der Waals surface area (Å²) in [6.45, 7) is 6.31. The van der Waals surface area contributed by atoms with Crippen molar-refractivity contribution in [3.63, 3.8) is 0 Å². The zero-order chi connectivity index (χ0) is 13.3. The van der Waals surface area contributed by atoms with Gasteiger partial charge in [-0.15, -0.1) is 0 Å². The number of amides is 1. The predicted octanol–water partition coefficient (Wildman–Crippen LogP) is 2.37. The Morgan fingerprint density at radius 1 is 1.32 bits per heavy atom. The first-order chi connectivity index (χ1) is 9.25. The molecule has 0 bridgehead atoms. The molecule has 0 radical (unpaired) electrons. The summed E-state index contributed by atoms with van der Waals surface area (Å²) >= 11 is 0. The van der Waals surface area contributed by atoms with Gasteiger partial charge in [0.15, 0.2) is 5.76 Å². The number of hydrogen-bond acceptors (Lipinski definition) is 3. The summed E-state index contributed by atoms with van der Waals surface area (Å²) in [6, 6.07) is 3.52. The van der Waals surface area contributed by atoms with Gasteiger partial charge in [-0.25, -0.2) is 0 Å². The van der Waals surface area contributed by atoms with Crippen molar-refractivity contribution in [2.24, 2.45) is 0 Å². The van der Waals surface area contributed by atoms with Crippen LogP contribution in [-0.4, -0.2) is 47.4 Å². The Hall–Kier alpha value is -1.29. The maximum atomic E-state index is 12.2. The highest BCUT2D eigenvalue weighted by atomic mass is 16.3. The molecule has 1 spiro atoms. The predicted molar refractivity (Wildman–Crippen MR) is 73.1 cm³/mol. The lowest BCUT2D eigenvalue weighted by Crippen LogP contribution is -2.53. The lowest BCUT2D eigenvalue weighted by atomic mass is 9.85. The molecule has 2 aliphatic rings. The van der Waals surface area contributed by atoms with Crippen LogP contribution in [-0.2, 0) is 0 Å². The number of carbonyl (C=O) groups excluding carboxylic acids is 1. The molecule has 3 heterocycles. The Kier molecular flexibility index (Phi) is 3.35. The Bertz CT molecular complexity index is 433. The molecule has 1 amide bonds. The van der Waals surface area contributed by atoms with E-state index in [1.54, 1.807) is 18.4 Å². The van der Waals surface area contributed by atoms with Crippen molar-refractivity contribution in [1.82, 2.24) is 9.80 Å². The van der Waals surface area contributed by atoms with Gasteiger partial charge >= 0.3 is 0 Å². The van der Waals surface area contributed by atoms with Gasteiger partial charge in [0.25, 0.3) is 5.91 Å².